The van der Waals surface area contributed by atoms with Gasteiger partial charge in [0.05, 0.1) is 9.88 Å². The standard InChI is InChI=1S/C16H20N2O2S/c1-3-18(4-2)11-13-15(16(19)20)17-14(21-13)10-12-8-6-5-7-9-12/h5-9H,3-4,10-11H2,1-2H3,(H,19,20). The minimum absolute atomic E-state index is 0.206. The molecule has 21 heavy (non-hydrogen) atoms. The van der Waals surface area contributed by atoms with Crippen molar-refractivity contribution in [2.45, 2.75) is 26.8 Å². The topological polar surface area (TPSA) is 53.4 Å². The molecule has 0 amide bonds. The predicted octanol–water partition coefficient (Wildman–Crippen LogP) is 3.27. The molecule has 0 aliphatic carbocycles. The van der Waals surface area contributed by atoms with Gasteiger partial charge in [-0.1, -0.05) is 44.2 Å². The van der Waals surface area contributed by atoms with Crippen LogP contribution in [0.2, 0.25) is 0 Å². The van der Waals surface area contributed by atoms with Gasteiger partial charge in [0, 0.05) is 13.0 Å². The summed E-state index contributed by atoms with van der Waals surface area (Å²) in [4.78, 5) is 18.7. The highest BCUT2D eigenvalue weighted by atomic mass is 32.1. The van der Waals surface area contributed by atoms with E-state index in [1.54, 1.807) is 0 Å². The molecular formula is C16H20N2O2S. The van der Waals surface area contributed by atoms with Gasteiger partial charge in [-0.15, -0.1) is 11.3 Å². The molecule has 0 saturated heterocycles. The van der Waals surface area contributed by atoms with Crippen LogP contribution in [0.5, 0.6) is 0 Å². The summed E-state index contributed by atoms with van der Waals surface area (Å²) >= 11 is 1.51. The first-order valence-corrected chi connectivity index (χ1v) is 7.93. The first-order chi connectivity index (χ1) is 10.1. The second-order valence-electron chi connectivity index (χ2n) is 4.81. The van der Waals surface area contributed by atoms with Gasteiger partial charge in [-0.2, -0.15) is 0 Å². The summed E-state index contributed by atoms with van der Waals surface area (Å²) in [6.45, 7) is 6.62. The van der Waals surface area contributed by atoms with Gasteiger partial charge in [-0.3, -0.25) is 4.90 Å². The zero-order valence-electron chi connectivity index (χ0n) is 12.4. The van der Waals surface area contributed by atoms with Gasteiger partial charge in [-0.25, -0.2) is 9.78 Å². The average Bonchev–Trinajstić information content (AvgIpc) is 2.88. The van der Waals surface area contributed by atoms with Crippen LogP contribution in [0.15, 0.2) is 30.3 Å². The van der Waals surface area contributed by atoms with Gasteiger partial charge in [0.25, 0.3) is 0 Å². The van der Waals surface area contributed by atoms with Gasteiger partial charge in [0.1, 0.15) is 0 Å². The number of nitrogens with zero attached hydrogens (tertiary/aromatic N) is 2. The Balaban J connectivity index is 2.22. The second kappa shape index (κ2) is 7.33. The van der Waals surface area contributed by atoms with Crippen LogP contribution in [-0.2, 0) is 13.0 Å². The third-order valence-corrected chi connectivity index (χ3v) is 4.44. The van der Waals surface area contributed by atoms with Crippen molar-refractivity contribution in [2.75, 3.05) is 13.1 Å². The minimum Gasteiger partial charge on any atom is -0.476 e. The normalized spacial score (nSPS) is 11.0. The Hall–Kier alpha value is -1.72. The molecule has 112 valence electrons. The molecule has 0 aliphatic rings. The molecule has 1 heterocycles. The van der Waals surface area contributed by atoms with E-state index in [1.165, 1.54) is 11.3 Å². The lowest BCUT2D eigenvalue weighted by molar-refractivity contribution is 0.0689. The van der Waals surface area contributed by atoms with Crippen molar-refractivity contribution >= 4 is 17.3 Å². The highest BCUT2D eigenvalue weighted by Gasteiger charge is 2.18. The molecule has 1 aromatic heterocycles. The quantitative estimate of drug-likeness (QED) is 0.853. The summed E-state index contributed by atoms with van der Waals surface area (Å²) in [5.41, 5.74) is 1.36. The summed E-state index contributed by atoms with van der Waals surface area (Å²) in [6, 6.07) is 10.0. The zero-order valence-corrected chi connectivity index (χ0v) is 13.2. The third kappa shape index (κ3) is 4.12. The Morgan fingerprint density at radius 2 is 1.90 bits per heavy atom. The van der Waals surface area contributed by atoms with Crippen LogP contribution in [0.4, 0.5) is 0 Å². The Morgan fingerprint density at radius 1 is 1.24 bits per heavy atom. The number of thiazole rings is 1. The molecule has 0 fully saturated rings. The number of carboxylic acids is 1. The van der Waals surface area contributed by atoms with Crippen molar-refractivity contribution < 1.29 is 9.90 Å². The molecule has 1 N–H and O–H groups in total. The number of carboxylic acid groups (broad SMARTS) is 1. The van der Waals surface area contributed by atoms with Crippen molar-refractivity contribution in [3.8, 4) is 0 Å². The van der Waals surface area contributed by atoms with Gasteiger partial charge < -0.3 is 5.11 Å². The summed E-state index contributed by atoms with van der Waals surface area (Å²) in [5.74, 6) is -0.937. The zero-order chi connectivity index (χ0) is 15.2. The molecule has 0 atom stereocenters. The monoisotopic (exact) mass is 304 g/mol. The molecular weight excluding hydrogens is 284 g/mol. The first kappa shape index (κ1) is 15.7. The highest BCUT2D eigenvalue weighted by molar-refractivity contribution is 7.11. The van der Waals surface area contributed by atoms with Gasteiger partial charge in [-0.05, 0) is 18.7 Å². The number of rotatable bonds is 7. The number of aromatic nitrogens is 1. The molecule has 1 aromatic carbocycles. The number of aromatic carboxylic acids is 1. The largest absolute Gasteiger partial charge is 0.476 e. The SMILES string of the molecule is CCN(CC)Cc1sc(Cc2ccccc2)nc1C(=O)O. The lowest BCUT2D eigenvalue weighted by Gasteiger charge is -2.16. The number of carbonyl (C=O) groups is 1. The van der Waals surface area contributed by atoms with Crippen molar-refractivity contribution in [3.63, 3.8) is 0 Å². The van der Waals surface area contributed by atoms with Crippen LogP contribution < -0.4 is 0 Å². The predicted molar refractivity (Wildman–Crippen MR) is 84.9 cm³/mol. The van der Waals surface area contributed by atoms with E-state index in [9.17, 15) is 9.90 Å². The fourth-order valence-electron chi connectivity index (χ4n) is 2.17. The van der Waals surface area contributed by atoms with E-state index in [0.29, 0.717) is 13.0 Å². The summed E-state index contributed by atoms with van der Waals surface area (Å²) in [7, 11) is 0. The fraction of sp³-hybridized carbons (Fsp3) is 0.375. The van der Waals surface area contributed by atoms with E-state index < -0.39 is 5.97 Å². The average molecular weight is 304 g/mol. The van der Waals surface area contributed by atoms with Gasteiger partial charge in [0.15, 0.2) is 5.69 Å². The lowest BCUT2D eigenvalue weighted by Crippen LogP contribution is -2.22. The van der Waals surface area contributed by atoms with Crippen molar-refractivity contribution in [3.05, 3.63) is 51.5 Å². The Morgan fingerprint density at radius 3 is 2.48 bits per heavy atom. The number of benzene rings is 1. The van der Waals surface area contributed by atoms with E-state index >= 15 is 0 Å². The molecule has 0 saturated carbocycles. The lowest BCUT2D eigenvalue weighted by atomic mass is 10.2. The maximum atomic E-state index is 11.4. The summed E-state index contributed by atoms with van der Waals surface area (Å²) in [5, 5.41) is 10.2. The second-order valence-corrected chi connectivity index (χ2v) is 5.98. The first-order valence-electron chi connectivity index (χ1n) is 7.12. The molecule has 0 unspecified atom stereocenters. The van der Waals surface area contributed by atoms with Crippen LogP contribution in [0, 0.1) is 0 Å². The number of hydrogen-bond donors (Lipinski definition) is 1. The van der Waals surface area contributed by atoms with Gasteiger partial charge in [0.2, 0.25) is 0 Å². The molecule has 4 nitrogen and oxygen atoms in total. The van der Waals surface area contributed by atoms with Crippen molar-refractivity contribution in [1.29, 1.82) is 0 Å². The van der Waals surface area contributed by atoms with E-state index in [2.05, 4.69) is 23.7 Å². The Labute approximate surface area is 129 Å². The summed E-state index contributed by atoms with van der Waals surface area (Å²) < 4.78 is 0. The Bertz CT molecular complexity index is 592. The molecule has 5 heteroatoms. The third-order valence-electron chi connectivity index (χ3n) is 3.40. The maximum absolute atomic E-state index is 11.4. The molecule has 0 radical (unpaired) electrons. The van der Waals surface area contributed by atoms with Crippen LogP contribution in [0.3, 0.4) is 0 Å². The van der Waals surface area contributed by atoms with Crippen LogP contribution in [0.1, 0.15) is 39.8 Å². The molecule has 2 aromatic rings. The van der Waals surface area contributed by atoms with Crippen LogP contribution in [-0.4, -0.2) is 34.0 Å². The summed E-state index contributed by atoms with van der Waals surface area (Å²) in [6.07, 6.45) is 0.685. The van der Waals surface area contributed by atoms with E-state index in [4.69, 9.17) is 0 Å². The van der Waals surface area contributed by atoms with Crippen molar-refractivity contribution in [2.24, 2.45) is 0 Å². The smallest absolute Gasteiger partial charge is 0.355 e. The van der Waals surface area contributed by atoms with Crippen LogP contribution >= 0.6 is 11.3 Å². The Kier molecular flexibility index (Phi) is 5.47. The fourth-order valence-corrected chi connectivity index (χ4v) is 3.31. The molecule has 0 bridgehead atoms. The van der Waals surface area contributed by atoms with E-state index in [-0.39, 0.29) is 5.69 Å². The van der Waals surface area contributed by atoms with Crippen LogP contribution in [0.25, 0.3) is 0 Å². The minimum atomic E-state index is -0.937. The van der Waals surface area contributed by atoms with E-state index in [0.717, 1.165) is 28.5 Å². The molecule has 2 rings (SSSR count). The van der Waals surface area contributed by atoms with Crippen molar-refractivity contribution in [1.82, 2.24) is 9.88 Å². The maximum Gasteiger partial charge on any atom is 0.355 e. The van der Waals surface area contributed by atoms with Gasteiger partial charge >= 0.3 is 5.97 Å². The molecule has 0 aliphatic heterocycles. The molecule has 0 spiro atoms. The number of hydrogen-bond acceptors (Lipinski definition) is 4. The highest BCUT2D eigenvalue weighted by Crippen LogP contribution is 2.23. The van der Waals surface area contributed by atoms with E-state index in [1.807, 2.05) is 30.3 Å².